The molecular weight excluding hydrogens is 266 g/mol. The van der Waals surface area contributed by atoms with E-state index in [2.05, 4.69) is 0 Å². The number of rotatable bonds is 6. The number of hydrogen-bond acceptors (Lipinski definition) is 4. The summed E-state index contributed by atoms with van der Waals surface area (Å²) in [5.41, 5.74) is 5.57. The minimum atomic E-state index is -3.37. The maximum absolute atomic E-state index is 12.1. The van der Waals surface area contributed by atoms with E-state index in [0.29, 0.717) is 26.2 Å². The minimum Gasteiger partial charge on any atom is -0.383 e. The zero-order valence-corrected chi connectivity index (χ0v) is 12.0. The number of halogens is 1. The van der Waals surface area contributed by atoms with Crippen molar-refractivity contribution in [3.05, 3.63) is 0 Å². The fraction of sp³-hybridized carbons (Fsp3) is 1.00. The highest BCUT2D eigenvalue weighted by Gasteiger charge is 2.35. The van der Waals surface area contributed by atoms with Crippen LogP contribution in [0.3, 0.4) is 0 Å². The van der Waals surface area contributed by atoms with Crippen molar-refractivity contribution < 1.29 is 13.2 Å². The van der Waals surface area contributed by atoms with Crippen LogP contribution in [0.25, 0.3) is 0 Å². The Morgan fingerprint density at radius 1 is 1.53 bits per heavy atom. The lowest BCUT2D eigenvalue weighted by Crippen LogP contribution is -2.47. The molecule has 17 heavy (non-hydrogen) atoms. The number of nitrogens with two attached hydrogens (primary N) is 1. The lowest BCUT2D eigenvalue weighted by atomic mass is 10.2. The highest BCUT2D eigenvalue weighted by molar-refractivity contribution is 7.86. The van der Waals surface area contributed by atoms with E-state index in [1.807, 2.05) is 0 Å². The van der Waals surface area contributed by atoms with Gasteiger partial charge < -0.3 is 10.5 Å². The molecule has 1 unspecified atom stereocenters. The molecule has 0 aliphatic carbocycles. The predicted octanol–water partition coefficient (Wildman–Crippen LogP) is -0.346. The third kappa shape index (κ3) is 4.04. The van der Waals surface area contributed by atoms with Crippen molar-refractivity contribution in [3.8, 4) is 0 Å². The van der Waals surface area contributed by atoms with Crippen molar-refractivity contribution in [2.45, 2.75) is 18.9 Å². The molecule has 0 aromatic carbocycles. The molecule has 0 saturated carbocycles. The highest BCUT2D eigenvalue weighted by Crippen LogP contribution is 2.21. The summed E-state index contributed by atoms with van der Waals surface area (Å²) in [5, 5.41) is 0. The molecule has 104 valence electrons. The summed E-state index contributed by atoms with van der Waals surface area (Å²) in [7, 11) is -0.241. The second-order valence-electron chi connectivity index (χ2n) is 3.96. The molecule has 0 amide bonds. The van der Waals surface area contributed by atoms with Gasteiger partial charge in [-0.2, -0.15) is 17.0 Å². The maximum atomic E-state index is 12.1. The summed E-state index contributed by atoms with van der Waals surface area (Å²) < 4.78 is 32.0. The average molecular weight is 288 g/mol. The van der Waals surface area contributed by atoms with Gasteiger partial charge in [0.1, 0.15) is 0 Å². The van der Waals surface area contributed by atoms with Crippen molar-refractivity contribution in [1.29, 1.82) is 0 Å². The Morgan fingerprint density at radius 3 is 2.71 bits per heavy atom. The van der Waals surface area contributed by atoms with E-state index in [0.717, 1.165) is 12.8 Å². The second-order valence-corrected chi connectivity index (χ2v) is 5.95. The Balaban J connectivity index is 0.00000256. The van der Waals surface area contributed by atoms with Crippen LogP contribution in [0.5, 0.6) is 0 Å². The Labute approximate surface area is 110 Å². The van der Waals surface area contributed by atoms with E-state index in [-0.39, 0.29) is 18.4 Å². The number of hydrogen-bond donors (Lipinski definition) is 1. The molecular formula is C9H22ClN3O3S. The SMILES string of the molecule is COCCN(C)S(=O)(=O)N1CCCC1CN.Cl. The summed E-state index contributed by atoms with van der Waals surface area (Å²) in [4.78, 5) is 0. The second kappa shape index (κ2) is 7.50. The van der Waals surface area contributed by atoms with Gasteiger partial charge in [-0.15, -0.1) is 12.4 Å². The standard InChI is InChI=1S/C9H21N3O3S.ClH/c1-11(6-7-15-2)16(13,14)12-5-3-4-9(12)8-10;/h9H,3-8,10H2,1-2H3;1H. The van der Waals surface area contributed by atoms with Gasteiger partial charge >= 0.3 is 0 Å². The normalized spacial score (nSPS) is 21.8. The van der Waals surface area contributed by atoms with Crippen LogP contribution in [0.4, 0.5) is 0 Å². The molecule has 8 heteroatoms. The van der Waals surface area contributed by atoms with Gasteiger partial charge in [0.25, 0.3) is 10.2 Å². The van der Waals surface area contributed by atoms with Crippen LogP contribution < -0.4 is 5.73 Å². The zero-order valence-electron chi connectivity index (χ0n) is 10.3. The molecule has 1 saturated heterocycles. The lowest BCUT2D eigenvalue weighted by Gasteiger charge is -2.27. The molecule has 0 bridgehead atoms. The predicted molar refractivity (Wildman–Crippen MR) is 69.5 cm³/mol. The fourth-order valence-corrected chi connectivity index (χ4v) is 3.45. The van der Waals surface area contributed by atoms with Crippen LogP contribution in [0, 0.1) is 0 Å². The van der Waals surface area contributed by atoms with E-state index in [1.54, 1.807) is 14.2 Å². The van der Waals surface area contributed by atoms with Gasteiger partial charge in [-0.1, -0.05) is 0 Å². The van der Waals surface area contributed by atoms with Gasteiger partial charge in [0, 0.05) is 39.8 Å². The lowest BCUT2D eigenvalue weighted by molar-refractivity contribution is 0.182. The third-order valence-electron chi connectivity index (χ3n) is 2.90. The van der Waals surface area contributed by atoms with Crippen LogP contribution in [-0.2, 0) is 14.9 Å². The first-order valence-electron chi connectivity index (χ1n) is 5.46. The van der Waals surface area contributed by atoms with Gasteiger partial charge in [0.15, 0.2) is 0 Å². The number of methoxy groups -OCH3 is 1. The van der Waals surface area contributed by atoms with Crippen molar-refractivity contribution in [1.82, 2.24) is 8.61 Å². The maximum Gasteiger partial charge on any atom is 0.282 e. The molecule has 1 aliphatic rings. The molecule has 2 N–H and O–H groups in total. The molecule has 0 radical (unpaired) electrons. The molecule has 1 rings (SSSR count). The van der Waals surface area contributed by atoms with Gasteiger partial charge in [-0.3, -0.25) is 0 Å². The topological polar surface area (TPSA) is 75.9 Å². The van der Waals surface area contributed by atoms with Gasteiger partial charge in [0.2, 0.25) is 0 Å². The summed E-state index contributed by atoms with van der Waals surface area (Å²) >= 11 is 0. The highest BCUT2D eigenvalue weighted by atomic mass is 35.5. The molecule has 6 nitrogen and oxygen atoms in total. The average Bonchev–Trinajstić information content (AvgIpc) is 2.74. The van der Waals surface area contributed by atoms with Crippen LogP contribution in [0.15, 0.2) is 0 Å². The fourth-order valence-electron chi connectivity index (χ4n) is 1.86. The first kappa shape index (κ1) is 17.1. The van der Waals surface area contributed by atoms with Crippen LogP contribution in [0.2, 0.25) is 0 Å². The minimum absolute atomic E-state index is 0. The third-order valence-corrected chi connectivity index (χ3v) is 4.94. The van der Waals surface area contributed by atoms with Crippen molar-refractivity contribution in [3.63, 3.8) is 0 Å². The van der Waals surface area contributed by atoms with Crippen LogP contribution in [-0.4, -0.2) is 63.5 Å². The molecule has 0 aromatic heterocycles. The summed E-state index contributed by atoms with van der Waals surface area (Å²) in [5.74, 6) is 0. The summed E-state index contributed by atoms with van der Waals surface area (Å²) in [6.07, 6.45) is 1.74. The summed E-state index contributed by atoms with van der Waals surface area (Å²) in [6, 6.07) is -0.0463. The van der Waals surface area contributed by atoms with Gasteiger partial charge in [-0.25, -0.2) is 0 Å². The Kier molecular flexibility index (Phi) is 7.54. The molecule has 1 aliphatic heterocycles. The first-order chi connectivity index (χ1) is 7.54. The van der Waals surface area contributed by atoms with Gasteiger partial charge in [-0.05, 0) is 12.8 Å². The van der Waals surface area contributed by atoms with E-state index in [9.17, 15) is 8.42 Å². The molecule has 1 atom stereocenters. The Hall–Kier alpha value is 0.0800. The van der Waals surface area contributed by atoms with E-state index < -0.39 is 10.2 Å². The van der Waals surface area contributed by atoms with E-state index in [4.69, 9.17) is 10.5 Å². The number of ether oxygens (including phenoxy) is 1. The number of nitrogens with zero attached hydrogens (tertiary/aromatic N) is 2. The Morgan fingerprint density at radius 2 is 2.18 bits per heavy atom. The van der Waals surface area contributed by atoms with Crippen molar-refractivity contribution in [2.75, 3.05) is 40.4 Å². The quantitative estimate of drug-likeness (QED) is 0.725. The monoisotopic (exact) mass is 287 g/mol. The van der Waals surface area contributed by atoms with Crippen molar-refractivity contribution in [2.24, 2.45) is 5.73 Å². The Bertz CT molecular complexity index is 313. The van der Waals surface area contributed by atoms with Crippen LogP contribution in [0.1, 0.15) is 12.8 Å². The molecule has 0 aromatic rings. The number of likely N-dealkylation sites (N-methyl/N-ethyl adjacent to an activating group) is 1. The van der Waals surface area contributed by atoms with E-state index >= 15 is 0 Å². The van der Waals surface area contributed by atoms with E-state index in [1.165, 1.54) is 8.61 Å². The van der Waals surface area contributed by atoms with Gasteiger partial charge in [0.05, 0.1) is 6.61 Å². The largest absolute Gasteiger partial charge is 0.383 e. The van der Waals surface area contributed by atoms with Crippen LogP contribution >= 0.6 is 12.4 Å². The first-order valence-corrected chi connectivity index (χ1v) is 6.85. The zero-order chi connectivity index (χ0) is 12.2. The molecule has 1 fully saturated rings. The molecule has 0 spiro atoms. The summed E-state index contributed by atoms with van der Waals surface area (Å²) in [6.45, 7) is 1.72. The molecule has 1 heterocycles. The van der Waals surface area contributed by atoms with Crippen molar-refractivity contribution >= 4 is 22.6 Å². The smallest absolute Gasteiger partial charge is 0.282 e.